The van der Waals surface area contributed by atoms with Gasteiger partial charge in [-0.2, -0.15) is 0 Å². The van der Waals surface area contributed by atoms with Crippen molar-refractivity contribution in [1.82, 2.24) is 15.1 Å². The van der Waals surface area contributed by atoms with Crippen molar-refractivity contribution in [3.8, 4) is 0 Å². The van der Waals surface area contributed by atoms with Crippen molar-refractivity contribution >= 4 is 11.8 Å². The van der Waals surface area contributed by atoms with Gasteiger partial charge in [0.25, 0.3) is 5.91 Å². The van der Waals surface area contributed by atoms with Crippen LogP contribution in [0, 0.1) is 5.82 Å². The monoisotopic (exact) mass is 397 g/mol. The molecule has 0 spiro atoms. The molecular formula is C23H28FN3O2. The van der Waals surface area contributed by atoms with Gasteiger partial charge >= 0.3 is 0 Å². The maximum absolute atomic E-state index is 13.3. The van der Waals surface area contributed by atoms with Gasteiger partial charge in [0.05, 0.1) is 0 Å². The van der Waals surface area contributed by atoms with Crippen LogP contribution >= 0.6 is 0 Å². The Labute approximate surface area is 171 Å². The second-order valence-electron chi connectivity index (χ2n) is 7.45. The van der Waals surface area contributed by atoms with Crippen molar-refractivity contribution in [2.24, 2.45) is 0 Å². The molecule has 6 heteroatoms. The van der Waals surface area contributed by atoms with Crippen LogP contribution in [0.1, 0.15) is 35.2 Å². The Morgan fingerprint density at radius 3 is 2.38 bits per heavy atom. The second-order valence-corrected chi connectivity index (χ2v) is 7.45. The van der Waals surface area contributed by atoms with E-state index in [0.29, 0.717) is 31.7 Å². The minimum atomic E-state index is -0.375. The largest absolute Gasteiger partial charge is 0.340 e. The van der Waals surface area contributed by atoms with E-state index in [1.165, 1.54) is 24.3 Å². The summed E-state index contributed by atoms with van der Waals surface area (Å²) in [7, 11) is 0. The molecule has 3 rings (SSSR count). The Balaban J connectivity index is 1.70. The Morgan fingerprint density at radius 2 is 1.72 bits per heavy atom. The fourth-order valence-electron chi connectivity index (χ4n) is 3.57. The molecule has 0 aliphatic carbocycles. The van der Waals surface area contributed by atoms with Crippen LogP contribution in [0.4, 0.5) is 4.39 Å². The summed E-state index contributed by atoms with van der Waals surface area (Å²) in [6.07, 6.45) is 0.286. The Kier molecular flexibility index (Phi) is 7.36. The molecule has 0 radical (unpaired) electrons. The van der Waals surface area contributed by atoms with Gasteiger partial charge < -0.3 is 15.1 Å². The number of amides is 2. The first-order valence-corrected chi connectivity index (χ1v) is 10.1. The molecule has 0 saturated carbocycles. The third-order valence-corrected chi connectivity index (χ3v) is 5.31. The number of carbonyl (C=O) groups excluding carboxylic acids is 2. The van der Waals surface area contributed by atoms with Gasteiger partial charge in [-0.05, 0) is 35.7 Å². The zero-order chi connectivity index (χ0) is 20.6. The van der Waals surface area contributed by atoms with Gasteiger partial charge in [0, 0.05) is 51.3 Å². The van der Waals surface area contributed by atoms with Crippen LogP contribution in [-0.2, 0) is 4.79 Å². The number of carbonyl (C=O) groups is 2. The molecule has 1 saturated heterocycles. The number of hydrogen-bond acceptors (Lipinski definition) is 3. The van der Waals surface area contributed by atoms with Gasteiger partial charge in [-0.15, -0.1) is 0 Å². The first kappa shape index (κ1) is 21.0. The van der Waals surface area contributed by atoms with Crippen LogP contribution in [0.2, 0.25) is 0 Å². The van der Waals surface area contributed by atoms with Crippen LogP contribution in [0.3, 0.4) is 0 Å². The first-order chi connectivity index (χ1) is 14.0. The van der Waals surface area contributed by atoms with Crippen LogP contribution in [0.25, 0.3) is 0 Å². The quantitative estimate of drug-likeness (QED) is 0.782. The van der Waals surface area contributed by atoms with Crippen molar-refractivity contribution in [2.75, 3.05) is 39.3 Å². The molecule has 1 heterocycles. The summed E-state index contributed by atoms with van der Waals surface area (Å²) in [6, 6.07) is 15.6. The number of benzene rings is 2. The van der Waals surface area contributed by atoms with Gasteiger partial charge in [0.15, 0.2) is 0 Å². The smallest absolute Gasteiger partial charge is 0.253 e. The molecule has 0 unspecified atom stereocenters. The van der Waals surface area contributed by atoms with Gasteiger partial charge in [0.2, 0.25) is 5.91 Å². The molecule has 29 heavy (non-hydrogen) atoms. The van der Waals surface area contributed by atoms with Crippen molar-refractivity contribution < 1.29 is 14.0 Å². The molecule has 0 bridgehead atoms. The van der Waals surface area contributed by atoms with Gasteiger partial charge in [-0.3, -0.25) is 9.59 Å². The summed E-state index contributed by atoms with van der Waals surface area (Å²) in [4.78, 5) is 29.2. The number of piperazine rings is 1. The predicted octanol–water partition coefficient (Wildman–Crippen LogP) is 2.89. The summed E-state index contributed by atoms with van der Waals surface area (Å²) in [5, 5.41) is 3.23. The Hall–Kier alpha value is -2.73. The van der Waals surface area contributed by atoms with E-state index in [4.69, 9.17) is 0 Å². The fourth-order valence-corrected chi connectivity index (χ4v) is 3.57. The van der Waals surface area contributed by atoms with E-state index in [-0.39, 0.29) is 30.0 Å². The lowest BCUT2D eigenvalue weighted by Gasteiger charge is -2.30. The maximum atomic E-state index is 13.3. The van der Waals surface area contributed by atoms with Crippen molar-refractivity contribution in [1.29, 1.82) is 0 Å². The van der Waals surface area contributed by atoms with Gasteiger partial charge in [0.1, 0.15) is 5.82 Å². The number of halogens is 1. The Bertz CT molecular complexity index is 805. The highest BCUT2D eigenvalue weighted by Gasteiger charge is 2.22. The molecular weight excluding hydrogens is 369 g/mol. The lowest BCUT2D eigenvalue weighted by atomic mass is 10.00. The fraction of sp³-hybridized carbons (Fsp3) is 0.391. The average Bonchev–Trinajstić information content (AvgIpc) is 2.77. The standard InChI is InChI=1S/C23H28FN3O2/c1-18(19-5-3-2-4-6-19)17-27(23(29)20-7-9-21(24)10-8-20)14-11-22(28)26-15-12-25-13-16-26/h2-10,18,25H,11-17H2,1H3/t18-/m0/s1. The van der Waals surface area contributed by atoms with Gasteiger partial charge in [-0.25, -0.2) is 4.39 Å². The van der Waals surface area contributed by atoms with E-state index in [2.05, 4.69) is 12.2 Å². The highest BCUT2D eigenvalue weighted by Crippen LogP contribution is 2.18. The molecule has 1 N–H and O–H groups in total. The molecule has 1 fully saturated rings. The van der Waals surface area contributed by atoms with E-state index in [1.807, 2.05) is 35.2 Å². The SMILES string of the molecule is C[C@@H](CN(CCC(=O)N1CCNCC1)C(=O)c1ccc(F)cc1)c1ccccc1. The van der Waals surface area contributed by atoms with Gasteiger partial charge in [-0.1, -0.05) is 37.3 Å². The van der Waals surface area contributed by atoms with Crippen molar-refractivity contribution in [3.63, 3.8) is 0 Å². The van der Waals surface area contributed by atoms with E-state index in [1.54, 1.807) is 4.90 Å². The minimum absolute atomic E-state index is 0.0655. The third kappa shape index (κ3) is 5.87. The molecule has 2 aromatic carbocycles. The molecule has 5 nitrogen and oxygen atoms in total. The molecule has 2 amide bonds. The molecule has 2 aromatic rings. The number of rotatable bonds is 7. The maximum Gasteiger partial charge on any atom is 0.253 e. The minimum Gasteiger partial charge on any atom is -0.340 e. The lowest BCUT2D eigenvalue weighted by molar-refractivity contribution is -0.131. The summed E-state index contributed by atoms with van der Waals surface area (Å²) in [6.45, 7) is 5.91. The van der Waals surface area contributed by atoms with Crippen molar-refractivity contribution in [2.45, 2.75) is 19.3 Å². The number of nitrogens with one attached hydrogen (secondary N) is 1. The molecule has 1 aliphatic rings. The topological polar surface area (TPSA) is 52.7 Å². The van der Waals surface area contributed by atoms with Crippen LogP contribution in [-0.4, -0.2) is 60.9 Å². The van der Waals surface area contributed by atoms with Crippen molar-refractivity contribution in [3.05, 3.63) is 71.5 Å². The molecule has 0 aromatic heterocycles. The molecule has 1 aliphatic heterocycles. The molecule has 154 valence electrons. The average molecular weight is 397 g/mol. The summed E-state index contributed by atoms with van der Waals surface area (Å²) in [5.41, 5.74) is 1.57. The summed E-state index contributed by atoms with van der Waals surface area (Å²) in [5.74, 6) is -0.369. The summed E-state index contributed by atoms with van der Waals surface area (Å²) < 4.78 is 13.3. The van der Waals surface area contributed by atoms with Crippen LogP contribution in [0.5, 0.6) is 0 Å². The van der Waals surface area contributed by atoms with E-state index < -0.39 is 0 Å². The van der Waals surface area contributed by atoms with E-state index in [0.717, 1.165) is 18.7 Å². The predicted molar refractivity (Wildman–Crippen MR) is 111 cm³/mol. The van der Waals surface area contributed by atoms with E-state index >= 15 is 0 Å². The van der Waals surface area contributed by atoms with Crippen LogP contribution < -0.4 is 5.32 Å². The van der Waals surface area contributed by atoms with Crippen LogP contribution in [0.15, 0.2) is 54.6 Å². The number of nitrogens with zero attached hydrogens (tertiary/aromatic N) is 2. The highest BCUT2D eigenvalue weighted by atomic mass is 19.1. The molecule has 1 atom stereocenters. The zero-order valence-corrected chi connectivity index (χ0v) is 16.8. The zero-order valence-electron chi connectivity index (χ0n) is 16.8. The normalized spacial score (nSPS) is 15.0. The second kappa shape index (κ2) is 10.2. The summed E-state index contributed by atoms with van der Waals surface area (Å²) >= 11 is 0. The lowest BCUT2D eigenvalue weighted by Crippen LogP contribution is -2.47. The third-order valence-electron chi connectivity index (χ3n) is 5.31. The first-order valence-electron chi connectivity index (χ1n) is 10.1. The highest BCUT2D eigenvalue weighted by molar-refractivity contribution is 5.94. The Morgan fingerprint density at radius 1 is 1.07 bits per heavy atom. The number of hydrogen-bond donors (Lipinski definition) is 1. The van der Waals surface area contributed by atoms with E-state index in [9.17, 15) is 14.0 Å².